The molecular weight excluding hydrogens is 368 g/mol. The van der Waals surface area contributed by atoms with Gasteiger partial charge in [0.05, 0.1) is 10.6 Å². The molecule has 0 radical (unpaired) electrons. The van der Waals surface area contributed by atoms with Crippen molar-refractivity contribution in [2.24, 2.45) is 7.05 Å². The van der Waals surface area contributed by atoms with E-state index in [0.717, 1.165) is 16.8 Å². The van der Waals surface area contributed by atoms with Crippen LogP contribution in [0.1, 0.15) is 22.2 Å². The Morgan fingerprint density at radius 2 is 2.32 bits per heavy atom. The first kappa shape index (κ1) is 15.5. The third-order valence-corrected chi connectivity index (χ3v) is 4.63. The molecule has 0 bridgehead atoms. The number of aromatic nitrogens is 2. The average molecular weight is 384 g/mol. The quantitative estimate of drug-likeness (QED) is 0.867. The van der Waals surface area contributed by atoms with Gasteiger partial charge >= 0.3 is 0 Å². The number of rotatable bonds is 2. The molecule has 5 nitrogen and oxygen atoms in total. The highest BCUT2D eigenvalue weighted by Crippen LogP contribution is 2.27. The van der Waals surface area contributed by atoms with Crippen LogP contribution in [0.15, 0.2) is 35.1 Å². The summed E-state index contributed by atoms with van der Waals surface area (Å²) in [6.45, 7) is 2.08. The number of nitrogens with one attached hydrogen (secondary N) is 1. The van der Waals surface area contributed by atoms with E-state index in [9.17, 15) is 4.79 Å². The Kier molecular flexibility index (Phi) is 4.52. The molecule has 2 aromatic rings. The van der Waals surface area contributed by atoms with Gasteiger partial charge in [0.1, 0.15) is 11.9 Å². The summed E-state index contributed by atoms with van der Waals surface area (Å²) in [5.41, 5.74) is 0.519. The maximum atomic E-state index is 12.9. The van der Waals surface area contributed by atoms with Gasteiger partial charge in [-0.2, -0.15) is 0 Å². The van der Waals surface area contributed by atoms with Crippen LogP contribution in [-0.4, -0.2) is 40.0 Å². The van der Waals surface area contributed by atoms with Crippen LogP contribution in [0.5, 0.6) is 0 Å². The van der Waals surface area contributed by atoms with Crippen molar-refractivity contribution in [3.8, 4) is 0 Å². The zero-order valence-corrected chi connectivity index (χ0v) is 14.4. The second-order valence-electron chi connectivity index (χ2n) is 5.24. The van der Waals surface area contributed by atoms with Crippen LogP contribution in [-0.2, 0) is 7.05 Å². The molecule has 1 aliphatic heterocycles. The fourth-order valence-corrected chi connectivity index (χ4v) is 3.45. The van der Waals surface area contributed by atoms with E-state index in [1.807, 2.05) is 28.8 Å². The van der Waals surface area contributed by atoms with Crippen LogP contribution in [0.25, 0.3) is 0 Å². The second kappa shape index (κ2) is 6.40. The van der Waals surface area contributed by atoms with Crippen molar-refractivity contribution in [1.29, 1.82) is 0 Å². The smallest absolute Gasteiger partial charge is 0.256 e. The Hall–Kier alpha value is -1.37. The minimum absolute atomic E-state index is 0.0630. The van der Waals surface area contributed by atoms with Crippen molar-refractivity contribution in [3.63, 3.8) is 0 Å². The fourth-order valence-electron chi connectivity index (χ4n) is 2.69. The van der Waals surface area contributed by atoms with Gasteiger partial charge in [-0.15, -0.1) is 0 Å². The molecule has 22 heavy (non-hydrogen) atoms. The van der Waals surface area contributed by atoms with E-state index in [1.54, 1.807) is 18.3 Å². The first-order valence-electron chi connectivity index (χ1n) is 7.02. The Morgan fingerprint density at radius 3 is 3.00 bits per heavy atom. The number of aryl methyl sites for hydroxylation is 1. The summed E-state index contributed by atoms with van der Waals surface area (Å²) >= 11 is 9.60. The Morgan fingerprint density at radius 1 is 1.50 bits per heavy atom. The molecule has 3 rings (SSSR count). The first-order chi connectivity index (χ1) is 10.6. The molecule has 1 saturated heterocycles. The first-order valence-corrected chi connectivity index (χ1v) is 8.19. The number of piperazine rings is 1. The van der Waals surface area contributed by atoms with E-state index in [2.05, 4.69) is 26.2 Å². The maximum absolute atomic E-state index is 12.9. The van der Waals surface area contributed by atoms with Crippen LogP contribution in [0, 0.1) is 0 Å². The number of amides is 1. The van der Waals surface area contributed by atoms with Gasteiger partial charge in [-0.1, -0.05) is 27.5 Å². The van der Waals surface area contributed by atoms with Crippen molar-refractivity contribution in [2.45, 2.75) is 6.04 Å². The van der Waals surface area contributed by atoms with Gasteiger partial charge in [-0.3, -0.25) is 4.79 Å². The Balaban J connectivity index is 1.93. The van der Waals surface area contributed by atoms with Gasteiger partial charge in [0.2, 0.25) is 0 Å². The van der Waals surface area contributed by atoms with Gasteiger partial charge in [0.25, 0.3) is 5.91 Å². The monoisotopic (exact) mass is 382 g/mol. The van der Waals surface area contributed by atoms with Crippen molar-refractivity contribution in [2.75, 3.05) is 19.6 Å². The van der Waals surface area contributed by atoms with E-state index in [-0.39, 0.29) is 11.9 Å². The van der Waals surface area contributed by atoms with E-state index in [1.165, 1.54) is 0 Å². The van der Waals surface area contributed by atoms with Crippen LogP contribution < -0.4 is 5.32 Å². The average Bonchev–Trinajstić information content (AvgIpc) is 2.93. The lowest BCUT2D eigenvalue weighted by atomic mass is 10.1. The van der Waals surface area contributed by atoms with Crippen molar-refractivity contribution < 1.29 is 4.79 Å². The highest BCUT2D eigenvalue weighted by atomic mass is 79.9. The van der Waals surface area contributed by atoms with Crippen LogP contribution in [0.2, 0.25) is 5.02 Å². The number of nitrogens with zero attached hydrogens (tertiary/aromatic N) is 3. The third kappa shape index (κ3) is 2.91. The molecule has 1 aliphatic rings. The van der Waals surface area contributed by atoms with Crippen LogP contribution in [0.4, 0.5) is 0 Å². The van der Waals surface area contributed by atoms with Gasteiger partial charge < -0.3 is 14.8 Å². The summed E-state index contributed by atoms with van der Waals surface area (Å²) in [6.07, 6.45) is 3.64. The number of imidazole rings is 1. The van der Waals surface area contributed by atoms with Crippen LogP contribution in [0.3, 0.4) is 0 Å². The molecule has 0 spiro atoms. The molecule has 1 unspecified atom stereocenters. The van der Waals surface area contributed by atoms with Crippen molar-refractivity contribution in [1.82, 2.24) is 19.8 Å². The molecule has 116 valence electrons. The van der Waals surface area contributed by atoms with E-state index in [4.69, 9.17) is 11.6 Å². The summed E-state index contributed by atoms with van der Waals surface area (Å²) in [7, 11) is 1.94. The number of hydrogen-bond donors (Lipinski definition) is 1. The third-order valence-electron chi connectivity index (χ3n) is 3.82. The Labute approximate surface area is 142 Å². The molecular formula is C15H16BrClN4O. The number of hydrogen-bond acceptors (Lipinski definition) is 3. The summed E-state index contributed by atoms with van der Waals surface area (Å²) in [6, 6.07) is 5.23. The molecule has 1 fully saturated rings. The van der Waals surface area contributed by atoms with Crippen molar-refractivity contribution in [3.05, 3.63) is 51.5 Å². The zero-order chi connectivity index (χ0) is 15.7. The van der Waals surface area contributed by atoms with Gasteiger partial charge in [-0.25, -0.2) is 4.98 Å². The minimum atomic E-state index is -0.0963. The molecule has 0 saturated carbocycles. The summed E-state index contributed by atoms with van der Waals surface area (Å²) in [5, 5.41) is 3.78. The molecule has 1 aromatic carbocycles. The Bertz CT molecular complexity index is 703. The van der Waals surface area contributed by atoms with E-state index < -0.39 is 0 Å². The van der Waals surface area contributed by atoms with Crippen molar-refractivity contribution >= 4 is 33.4 Å². The largest absolute Gasteiger partial charge is 0.336 e. The molecule has 1 N–H and O–H groups in total. The molecule has 1 amide bonds. The number of carbonyl (C=O) groups is 1. The predicted molar refractivity (Wildman–Crippen MR) is 89.0 cm³/mol. The zero-order valence-electron chi connectivity index (χ0n) is 12.1. The normalized spacial score (nSPS) is 18.5. The molecule has 1 atom stereocenters. The lowest BCUT2D eigenvalue weighted by Gasteiger charge is -2.36. The van der Waals surface area contributed by atoms with Gasteiger partial charge in [-0.05, 0) is 18.2 Å². The predicted octanol–water partition coefficient (Wildman–Crippen LogP) is 2.62. The van der Waals surface area contributed by atoms with Crippen LogP contribution >= 0.6 is 27.5 Å². The summed E-state index contributed by atoms with van der Waals surface area (Å²) in [5.74, 6) is 0.806. The standard InChI is InChI=1S/C15H16BrClN4O/c1-20-6-5-19-14(20)13-9-18-4-7-21(13)15(22)11-3-2-10(16)8-12(11)17/h2-3,5-6,8,13,18H,4,7,9H2,1H3. The highest BCUT2D eigenvalue weighted by Gasteiger charge is 2.31. The molecule has 2 heterocycles. The molecule has 7 heteroatoms. The number of benzene rings is 1. The minimum Gasteiger partial charge on any atom is -0.336 e. The second-order valence-corrected chi connectivity index (χ2v) is 6.56. The summed E-state index contributed by atoms with van der Waals surface area (Å²) in [4.78, 5) is 19.1. The van der Waals surface area contributed by atoms with Gasteiger partial charge in [0.15, 0.2) is 0 Å². The number of halogens is 2. The van der Waals surface area contributed by atoms with Gasteiger partial charge in [0, 0.05) is 43.5 Å². The SMILES string of the molecule is Cn1ccnc1C1CNCCN1C(=O)c1ccc(Br)cc1Cl. The molecule has 1 aromatic heterocycles. The lowest BCUT2D eigenvalue weighted by Crippen LogP contribution is -2.49. The lowest BCUT2D eigenvalue weighted by molar-refractivity contribution is 0.0621. The summed E-state index contributed by atoms with van der Waals surface area (Å²) < 4.78 is 2.80. The van der Waals surface area contributed by atoms with E-state index >= 15 is 0 Å². The fraction of sp³-hybridized carbons (Fsp3) is 0.333. The van der Waals surface area contributed by atoms with E-state index in [0.29, 0.717) is 23.7 Å². The highest BCUT2D eigenvalue weighted by molar-refractivity contribution is 9.10. The number of carbonyl (C=O) groups excluding carboxylic acids is 1. The topological polar surface area (TPSA) is 50.2 Å². The molecule has 0 aliphatic carbocycles. The maximum Gasteiger partial charge on any atom is 0.256 e.